The van der Waals surface area contributed by atoms with E-state index in [4.69, 9.17) is 11.6 Å². The highest BCUT2D eigenvalue weighted by molar-refractivity contribution is 6.36. The van der Waals surface area contributed by atoms with Gasteiger partial charge in [0.1, 0.15) is 0 Å². The Balaban J connectivity index is 1.85. The lowest BCUT2D eigenvalue weighted by Crippen LogP contribution is -2.12. The summed E-state index contributed by atoms with van der Waals surface area (Å²) in [7, 11) is 0. The van der Waals surface area contributed by atoms with Crippen LogP contribution >= 0.6 is 11.6 Å². The number of carbonyl (C=O) groups is 1. The minimum absolute atomic E-state index is 0.228. The molecule has 2 nitrogen and oxygen atoms in total. The summed E-state index contributed by atoms with van der Waals surface area (Å²) in [4.78, 5) is 15.6. The van der Waals surface area contributed by atoms with Crippen molar-refractivity contribution < 1.29 is 4.79 Å². The van der Waals surface area contributed by atoms with E-state index in [0.29, 0.717) is 17.4 Å². The lowest BCUT2D eigenvalue weighted by molar-refractivity contribution is 0.0952. The number of hydrogen-bond acceptors (Lipinski definition) is 1. The van der Waals surface area contributed by atoms with Gasteiger partial charge in [0.25, 0.3) is 0 Å². The van der Waals surface area contributed by atoms with Gasteiger partial charge in [-0.3, -0.25) is 4.79 Å². The molecule has 0 unspecified atom stereocenters. The molecule has 0 aliphatic heterocycles. The number of H-pyrrole nitrogens is 1. The molecule has 0 bridgehead atoms. The average Bonchev–Trinajstić information content (AvgIpc) is 2.85. The zero-order chi connectivity index (χ0) is 13.2. The van der Waals surface area contributed by atoms with Crippen LogP contribution in [0.1, 0.15) is 48.9 Å². The number of rotatable bonds is 3. The summed E-state index contributed by atoms with van der Waals surface area (Å²) in [5.74, 6) is 0.792. The summed E-state index contributed by atoms with van der Waals surface area (Å²) >= 11 is 6.22. The highest BCUT2D eigenvalue weighted by atomic mass is 35.5. The van der Waals surface area contributed by atoms with Crippen LogP contribution in [0.2, 0.25) is 5.02 Å². The molecule has 3 rings (SSSR count). The number of halogens is 1. The molecule has 1 aromatic carbocycles. The molecule has 19 heavy (non-hydrogen) atoms. The first kappa shape index (κ1) is 12.7. The van der Waals surface area contributed by atoms with E-state index < -0.39 is 0 Å². The van der Waals surface area contributed by atoms with E-state index in [2.05, 4.69) is 4.98 Å². The predicted molar refractivity (Wildman–Crippen MR) is 78.8 cm³/mol. The van der Waals surface area contributed by atoms with Crippen molar-refractivity contribution in [2.45, 2.75) is 38.5 Å². The maximum Gasteiger partial charge on any atom is 0.165 e. The van der Waals surface area contributed by atoms with E-state index >= 15 is 0 Å². The lowest BCUT2D eigenvalue weighted by atomic mass is 9.85. The molecule has 1 N–H and O–H groups in total. The maximum atomic E-state index is 12.5. The Morgan fingerprint density at radius 1 is 1.26 bits per heavy atom. The molecule has 2 aromatic rings. The molecule has 1 aliphatic carbocycles. The minimum Gasteiger partial charge on any atom is -0.360 e. The minimum atomic E-state index is 0.228. The van der Waals surface area contributed by atoms with E-state index in [1.807, 2.05) is 24.4 Å². The fourth-order valence-corrected chi connectivity index (χ4v) is 3.40. The Hall–Kier alpha value is -1.28. The van der Waals surface area contributed by atoms with Crippen molar-refractivity contribution in [3.63, 3.8) is 0 Å². The van der Waals surface area contributed by atoms with E-state index in [1.165, 1.54) is 32.1 Å². The van der Waals surface area contributed by atoms with Crippen molar-refractivity contribution in [1.82, 2.24) is 4.98 Å². The number of carbonyl (C=O) groups excluding carboxylic acids is 1. The second-order valence-corrected chi connectivity index (χ2v) is 5.90. The van der Waals surface area contributed by atoms with Gasteiger partial charge in [0, 0.05) is 29.1 Å². The number of hydrogen-bond donors (Lipinski definition) is 1. The molecule has 1 fully saturated rings. The molecule has 1 aromatic heterocycles. The molecule has 0 amide bonds. The average molecular weight is 276 g/mol. The van der Waals surface area contributed by atoms with Gasteiger partial charge in [0.05, 0.1) is 5.02 Å². The van der Waals surface area contributed by atoms with Crippen LogP contribution < -0.4 is 0 Å². The van der Waals surface area contributed by atoms with Gasteiger partial charge < -0.3 is 4.98 Å². The molecular weight excluding hydrogens is 258 g/mol. The van der Waals surface area contributed by atoms with Crippen LogP contribution in [-0.2, 0) is 0 Å². The number of fused-ring (bicyclic) bond motifs is 1. The lowest BCUT2D eigenvalue weighted by Gasteiger charge is -2.20. The quantitative estimate of drug-likeness (QED) is 0.788. The maximum absolute atomic E-state index is 12.5. The van der Waals surface area contributed by atoms with E-state index in [9.17, 15) is 4.79 Å². The largest absolute Gasteiger partial charge is 0.360 e. The fourth-order valence-electron chi connectivity index (χ4n) is 3.12. The van der Waals surface area contributed by atoms with Crippen LogP contribution in [0.25, 0.3) is 10.9 Å². The third kappa shape index (κ3) is 2.55. The van der Waals surface area contributed by atoms with Crippen molar-refractivity contribution >= 4 is 28.3 Å². The monoisotopic (exact) mass is 275 g/mol. The third-order valence-corrected chi connectivity index (χ3v) is 4.47. The summed E-state index contributed by atoms with van der Waals surface area (Å²) < 4.78 is 0. The molecular formula is C16H18ClNO. The summed E-state index contributed by atoms with van der Waals surface area (Å²) in [6.45, 7) is 0. The number of Topliss-reactive ketones (excluding diaryl/α,β-unsaturated/α-hetero) is 1. The molecule has 100 valence electrons. The van der Waals surface area contributed by atoms with Crippen LogP contribution in [-0.4, -0.2) is 10.8 Å². The fraction of sp³-hybridized carbons (Fsp3) is 0.438. The van der Waals surface area contributed by atoms with Crippen LogP contribution in [0.15, 0.2) is 24.4 Å². The van der Waals surface area contributed by atoms with Crippen LogP contribution in [0, 0.1) is 5.92 Å². The number of aromatic amines is 1. The number of ketones is 1. The van der Waals surface area contributed by atoms with Gasteiger partial charge in [-0.1, -0.05) is 49.8 Å². The summed E-state index contributed by atoms with van der Waals surface area (Å²) in [5, 5.41) is 1.54. The molecule has 1 heterocycles. The van der Waals surface area contributed by atoms with E-state index in [-0.39, 0.29) is 5.78 Å². The van der Waals surface area contributed by atoms with Gasteiger partial charge in [0.15, 0.2) is 5.78 Å². The predicted octanol–water partition coefficient (Wildman–Crippen LogP) is 4.97. The molecule has 0 spiro atoms. The van der Waals surface area contributed by atoms with Crippen LogP contribution in [0.5, 0.6) is 0 Å². The van der Waals surface area contributed by atoms with Crippen LogP contribution in [0.3, 0.4) is 0 Å². The Labute approximate surface area is 118 Å². The number of benzene rings is 1. The molecule has 1 aliphatic rings. The Morgan fingerprint density at radius 3 is 2.84 bits per heavy atom. The first-order valence-electron chi connectivity index (χ1n) is 7.04. The Bertz CT molecular complexity index is 596. The summed E-state index contributed by atoms with van der Waals surface area (Å²) in [6, 6.07) is 5.70. The van der Waals surface area contributed by atoms with Gasteiger partial charge in [0.2, 0.25) is 0 Å². The van der Waals surface area contributed by atoms with Crippen LogP contribution in [0.4, 0.5) is 0 Å². The van der Waals surface area contributed by atoms with Gasteiger partial charge in [-0.2, -0.15) is 0 Å². The highest BCUT2D eigenvalue weighted by Crippen LogP contribution is 2.31. The third-order valence-electron chi connectivity index (χ3n) is 4.15. The SMILES string of the molecule is O=C(CC1CCCCC1)c1c[nH]c2cccc(Cl)c12. The van der Waals surface area contributed by atoms with E-state index in [1.54, 1.807) is 0 Å². The Kier molecular flexibility index (Phi) is 3.61. The van der Waals surface area contributed by atoms with Gasteiger partial charge in [-0.05, 0) is 18.1 Å². The Morgan fingerprint density at radius 2 is 2.05 bits per heavy atom. The van der Waals surface area contributed by atoms with Crippen molar-refractivity contribution in [2.75, 3.05) is 0 Å². The van der Waals surface area contributed by atoms with Gasteiger partial charge >= 0.3 is 0 Å². The van der Waals surface area contributed by atoms with Gasteiger partial charge in [-0.15, -0.1) is 0 Å². The van der Waals surface area contributed by atoms with Crippen molar-refractivity contribution in [3.05, 3.63) is 35.0 Å². The molecule has 1 saturated carbocycles. The molecule has 3 heteroatoms. The molecule has 0 atom stereocenters. The van der Waals surface area contributed by atoms with Crippen molar-refractivity contribution in [3.8, 4) is 0 Å². The zero-order valence-corrected chi connectivity index (χ0v) is 11.7. The number of aromatic nitrogens is 1. The highest BCUT2D eigenvalue weighted by Gasteiger charge is 2.20. The van der Waals surface area contributed by atoms with Crippen molar-refractivity contribution in [2.24, 2.45) is 5.92 Å². The normalized spacial score (nSPS) is 16.9. The zero-order valence-electron chi connectivity index (χ0n) is 10.9. The standard InChI is InChI=1S/C16H18ClNO/c17-13-7-4-8-14-16(13)12(10-18-14)15(19)9-11-5-2-1-3-6-11/h4,7-8,10-11,18H,1-3,5-6,9H2. The first-order chi connectivity index (χ1) is 9.25. The topological polar surface area (TPSA) is 32.9 Å². The van der Waals surface area contributed by atoms with Gasteiger partial charge in [-0.25, -0.2) is 0 Å². The molecule has 0 radical (unpaired) electrons. The summed E-state index contributed by atoms with van der Waals surface area (Å²) in [5.41, 5.74) is 1.70. The number of nitrogens with one attached hydrogen (secondary N) is 1. The molecule has 0 saturated heterocycles. The summed E-state index contributed by atoms with van der Waals surface area (Å²) in [6.07, 6.45) is 8.73. The second-order valence-electron chi connectivity index (χ2n) is 5.50. The van der Waals surface area contributed by atoms with Crippen molar-refractivity contribution in [1.29, 1.82) is 0 Å². The second kappa shape index (κ2) is 5.38. The smallest absolute Gasteiger partial charge is 0.165 e. The van der Waals surface area contributed by atoms with E-state index in [0.717, 1.165) is 16.5 Å². The first-order valence-corrected chi connectivity index (χ1v) is 7.42.